The van der Waals surface area contributed by atoms with E-state index in [9.17, 15) is 9.59 Å². The number of carbonyl (C=O) groups is 2. The van der Waals surface area contributed by atoms with Gasteiger partial charge in [-0.1, -0.05) is 30.3 Å². The van der Waals surface area contributed by atoms with E-state index in [2.05, 4.69) is 10.2 Å². The molecule has 2 bridgehead atoms. The number of rotatable bonds is 5. The van der Waals surface area contributed by atoms with Crippen molar-refractivity contribution in [3.05, 3.63) is 47.7 Å². The first-order valence-corrected chi connectivity index (χ1v) is 12.4. The average molecular weight is 484 g/mol. The highest BCUT2D eigenvalue weighted by Gasteiger charge is 2.48. The number of urea groups is 1. The predicted octanol–water partition coefficient (Wildman–Crippen LogP) is 4.60. The van der Waals surface area contributed by atoms with Crippen molar-refractivity contribution < 1.29 is 23.6 Å². The number of hydrogen-bond donors (Lipinski definition) is 0. The molecule has 3 fully saturated rings. The lowest BCUT2D eigenvalue weighted by molar-refractivity contribution is -0.140. The van der Waals surface area contributed by atoms with Crippen LogP contribution < -0.4 is 0 Å². The minimum Gasteiger partial charge on any atom is -0.444 e. The lowest BCUT2D eigenvalue weighted by Gasteiger charge is -2.34. The molecule has 0 saturated carbocycles. The summed E-state index contributed by atoms with van der Waals surface area (Å²) >= 11 is 0. The molecule has 0 radical (unpaired) electrons. The van der Waals surface area contributed by atoms with Crippen LogP contribution in [-0.4, -0.2) is 61.9 Å². The van der Waals surface area contributed by atoms with E-state index in [4.69, 9.17) is 14.0 Å². The fourth-order valence-corrected chi connectivity index (χ4v) is 5.02. The van der Waals surface area contributed by atoms with Crippen molar-refractivity contribution in [3.8, 4) is 0 Å². The SMILES string of the molecule is CC(C)(C)OC(=O)N1CCCC[C@H]1c1nnc([C@@H]2CC[C@@H]3CN2C(=O)N3OCc2ccccc2)o1. The number of nitrogens with zero attached hydrogens (tertiary/aromatic N) is 5. The maximum absolute atomic E-state index is 13.1. The molecule has 4 heterocycles. The van der Waals surface area contributed by atoms with Gasteiger partial charge in [-0.3, -0.25) is 9.74 Å². The Labute approximate surface area is 205 Å². The van der Waals surface area contributed by atoms with E-state index in [1.807, 2.05) is 51.1 Å². The molecular weight excluding hydrogens is 450 g/mol. The zero-order chi connectivity index (χ0) is 24.6. The molecule has 0 N–H and O–H groups in total. The second-order valence-electron chi connectivity index (χ2n) is 10.4. The zero-order valence-electron chi connectivity index (χ0n) is 20.6. The number of piperidine rings is 2. The monoisotopic (exact) mass is 483 g/mol. The highest BCUT2D eigenvalue weighted by Crippen LogP contribution is 2.39. The smallest absolute Gasteiger partial charge is 0.410 e. The Morgan fingerprint density at radius 3 is 2.54 bits per heavy atom. The first-order chi connectivity index (χ1) is 16.8. The molecule has 0 aliphatic carbocycles. The van der Waals surface area contributed by atoms with E-state index in [1.54, 1.807) is 9.80 Å². The lowest BCUT2D eigenvalue weighted by atomic mass is 10.0. The van der Waals surface area contributed by atoms with Gasteiger partial charge in [0.2, 0.25) is 11.8 Å². The summed E-state index contributed by atoms with van der Waals surface area (Å²) in [6.07, 6.45) is 3.73. The minimum absolute atomic E-state index is 0.00542. The van der Waals surface area contributed by atoms with E-state index in [-0.39, 0.29) is 30.2 Å². The number of carbonyl (C=O) groups excluding carboxylic acids is 2. The van der Waals surface area contributed by atoms with Crippen molar-refractivity contribution in [3.63, 3.8) is 0 Å². The van der Waals surface area contributed by atoms with Crippen LogP contribution in [-0.2, 0) is 16.2 Å². The molecule has 10 nitrogen and oxygen atoms in total. The van der Waals surface area contributed by atoms with Crippen LogP contribution in [0, 0.1) is 0 Å². The van der Waals surface area contributed by atoms with Crippen LogP contribution in [0.25, 0.3) is 0 Å². The van der Waals surface area contributed by atoms with Crippen molar-refractivity contribution >= 4 is 12.1 Å². The largest absolute Gasteiger partial charge is 0.444 e. The van der Waals surface area contributed by atoms with Gasteiger partial charge in [-0.15, -0.1) is 10.2 Å². The van der Waals surface area contributed by atoms with E-state index in [0.29, 0.717) is 37.9 Å². The number of likely N-dealkylation sites (tertiary alicyclic amines) is 1. The molecule has 3 amide bonds. The highest BCUT2D eigenvalue weighted by atomic mass is 16.7. The molecule has 35 heavy (non-hydrogen) atoms. The van der Waals surface area contributed by atoms with Crippen molar-refractivity contribution in [2.75, 3.05) is 13.1 Å². The number of aromatic nitrogens is 2. The third kappa shape index (κ3) is 4.98. The Hall–Kier alpha value is -3.14. The lowest BCUT2D eigenvalue weighted by Crippen LogP contribution is -2.42. The number of fused-ring (bicyclic) bond motifs is 2. The number of hydroxylamine groups is 2. The molecule has 3 atom stereocenters. The molecule has 2 aromatic rings. The van der Waals surface area contributed by atoms with E-state index < -0.39 is 5.60 Å². The van der Waals surface area contributed by atoms with Crippen LogP contribution in [0.15, 0.2) is 34.7 Å². The highest BCUT2D eigenvalue weighted by molar-refractivity contribution is 5.77. The summed E-state index contributed by atoms with van der Waals surface area (Å²) < 4.78 is 11.7. The standard InChI is InChI=1S/C25H33N5O5/c1-25(2,3)35-24(32)28-14-8-7-11-19(28)21-26-27-22(34-21)20-13-12-18-15-29(20)23(31)30(18)33-16-17-9-5-4-6-10-17/h4-6,9-10,18-20H,7-8,11-16H2,1-3H3/t18-,19+,20+/m1/s1. The van der Waals surface area contributed by atoms with Crippen LogP contribution in [0.1, 0.15) is 82.3 Å². The van der Waals surface area contributed by atoms with E-state index >= 15 is 0 Å². The maximum Gasteiger partial charge on any atom is 0.410 e. The van der Waals surface area contributed by atoms with Crippen LogP contribution >= 0.6 is 0 Å². The molecule has 3 saturated heterocycles. The molecule has 10 heteroatoms. The van der Waals surface area contributed by atoms with Gasteiger partial charge >= 0.3 is 12.1 Å². The summed E-state index contributed by atoms with van der Waals surface area (Å²) in [5.41, 5.74) is 0.430. The van der Waals surface area contributed by atoms with Gasteiger partial charge in [0, 0.05) is 13.1 Å². The summed E-state index contributed by atoms with van der Waals surface area (Å²) in [6.45, 7) is 7.04. The molecule has 3 aliphatic heterocycles. The number of ether oxygens (including phenoxy) is 1. The van der Waals surface area contributed by atoms with Crippen LogP contribution in [0.4, 0.5) is 9.59 Å². The van der Waals surface area contributed by atoms with Gasteiger partial charge in [0.05, 0.1) is 6.04 Å². The van der Waals surface area contributed by atoms with Crippen LogP contribution in [0.3, 0.4) is 0 Å². The molecule has 5 rings (SSSR count). The van der Waals surface area contributed by atoms with Gasteiger partial charge in [0.15, 0.2) is 0 Å². The molecule has 3 aliphatic rings. The molecule has 1 aromatic heterocycles. The van der Waals surface area contributed by atoms with Gasteiger partial charge in [-0.05, 0) is 58.4 Å². The topological polar surface area (TPSA) is 101 Å². The van der Waals surface area contributed by atoms with Gasteiger partial charge in [0.1, 0.15) is 24.3 Å². The zero-order valence-corrected chi connectivity index (χ0v) is 20.6. The third-order valence-corrected chi connectivity index (χ3v) is 6.69. The summed E-state index contributed by atoms with van der Waals surface area (Å²) in [5, 5.41) is 10.1. The van der Waals surface area contributed by atoms with E-state index in [0.717, 1.165) is 31.2 Å². The van der Waals surface area contributed by atoms with Gasteiger partial charge in [-0.2, -0.15) is 5.06 Å². The van der Waals surface area contributed by atoms with Crippen molar-refractivity contribution in [1.29, 1.82) is 0 Å². The Morgan fingerprint density at radius 1 is 1.06 bits per heavy atom. The first-order valence-electron chi connectivity index (χ1n) is 12.4. The fraction of sp³-hybridized carbons (Fsp3) is 0.600. The van der Waals surface area contributed by atoms with Gasteiger partial charge < -0.3 is 14.1 Å². The average Bonchev–Trinajstić information content (AvgIpc) is 3.42. The van der Waals surface area contributed by atoms with Gasteiger partial charge in [-0.25, -0.2) is 9.59 Å². The Morgan fingerprint density at radius 2 is 1.80 bits per heavy atom. The summed E-state index contributed by atoms with van der Waals surface area (Å²) in [7, 11) is 0. The quantitative estimate of drug-likeness (QED) is 0.612. The summed E-state index contributed by atoms with van der Waals surface area (Å²) in [5.74, 6) is 0.808. The molecular formula is C25H33N5O5. The normalized spacial score (nSPS) is 24.7. The number of amides is 3. The Balaban J connectivity index is 1.27. The summed E-state index contributed by atoms with van der Waals surface area (Å²) in [4.78, 5) is 35.3. The predicted molar refractivity (Wildman–Crippen MR) is 125 cm³/mol. The summed E-state index contributed by atoms with van der Waals surface area (Å²) in [6, 6.07) is 9.00. The second-order valence-corrected chi connectivity index (χ2v) is 10.4. The van der Waals surface area contributed by atoms with Crippen molar-refractivity contribution in [2.24, 2.45) is 0 Å². The maximum atomic E-state index is 13.1. The number of hydrogen-bond acceptors (Lipinski definition) is 7. The third-order valence-electron chi connectivity index (χ3n) is 6.69. The minimum atomic E-state index is -0.581. The molecule has 0 unspecified atom stereocenters. The van der Waals surface area contributed by atoms with Crippen molar-refractivity contribution in [1.82, 2.24) is 25.1 Å². The molecule has 0 spiro atoms. The molecule has 188 valence electrons. The fourth-order valence-electron chi connectivity index (χ4n) is 5.02. The Kier molecular flexibility index (Phi) is 6.39. The van der Waals surface area contributed by atoms with E-state index in [1.165, 1.54) is 5.06 Å². The first kappa shape index (κ1) is 23.6. The van der Waals surface area contributed by atoms with Crippen LogP contribution in [0.5, 0.6) is 0 Å². The molecule has 1 aromatic carbocycles. The van der Waals surface area contributed by atoms with Gasteiger partial charge in [0.25, 0.3) is 0 Å². The van der Waals surface area contributed by atoms with Crippen LogP contribution in [0.2, 0.25) is 0 Å². The number of benzene rings is 1. The second kappa shape index (κ2) is 9.49. The van der Waals surface area contributed by atoms with Crippen molar-refractivity contribution in [2.45, 2.75) is 83.2 Å². The Bertz CT molecular complexity index is 1050.